The van der Waals surface area contributed by atoms with Crippen LogP contribution in [0.1, 0.15) is 29.5 Å². The van der Waals surface area contributed by atoms with Crippen LogP contribution in [0.15, 0.2) is 18.2 Å². The molecule has 1 aromatic rings. The molecular weight excluding hydrogens is 228 g/mol. The molecule has 2 rings (SSSR count). The first kappa shape index (κ1) is 12.5. The standard InChI is InChI=1S/C14H20N2S/c1-16(8-7-14(15)17)10-11-5-6-12-3-2-4-13(12)9-11/h5-6,9H,2-4,7-8,10H2,1H3,(H2,15,17). The quantitative estimate of drug-likeness (QED) is 0.811. The molecule has 1 aromatic carbocycles. The summed E-state index contributed by atoms with van der Waals surface area (Å²) in [7, 11) is 2.12. The molecule has 0 radical (unpaired) electrons. The molecule has 0 fully saturated rings. The predicted octanol–water partition coefficient (Wildman–Crippen LogP) is 2.28. The van der Waals surface area contributed by atoms with E-state index in [9.17, 15) is 0 Å². The van der Waals surface area contributed by atoms with Crippen molar-refractivity contribution in [2.45, 2.75) is 32.2 Å². The Bertz CT molecular complexity index is 415. The number of hydrogen-bond acceptors (Lipinski definition) is 2. The Morgan fingerprint density at radius 2 is 2.12 bits per heavy atom. The number of aryl methyl sites for hydroxylation is 2. The van der Waals surface area contributed by atoms with E-state index in [1.165, 1.54) is 24.8 Å². The second-order valence-electron chi connectivity index (χ2n) is 4.91. The van der Waals surface area contributed by atoms with E-state index in [2.05, 4.69) is 30.1 Å². The highest BCUT2D eigenvalue weighted by Crippen LogP contribution is 2.23. The van der Waals surface area contributed by atoms with Gasteiger partial charge in [0.1, 0.15) is 0 Å². The summed E-state index contributed by atoms with van der Waals surface area (Å²) in [6.07, 6.45) is 4.62. The van der Waals surface area contributed by atoms with Gasteiger partial charge in [-0.25, -0.2) is 0 Å². The van der Waals surface area contributed by atoms with Gasteiger partial charge in [0, 0.05) is 19.5 Å². The van der Waals surface area contributed by atoms with Crippen molar-refractivity contribution in [2.75, 3.05) is 13.6 Å². The summed E-state index contributed by atoms with van der Waals surface area (Å²) in [6.45, 7) is 1.92. The van der Waals surface area contributed by atoms with E-state index in [4.69, 9.17) is 18.0 Å². The van der Waals surface area contributed by atoms with Crippen LogP contribution in [0, 0.1) is 0 Å². The second-order valence-corrected chi connectivity index (χ2v) is 5.44. The van der Waals surface area contributed by atoms with Gasteiger partial charge in [-0.15, -0.1) is 0 Å². The van der Waals surface area contributed by atoms with Crippen molar-refractivity contribution < 1.29 is 0 Å². The molecule has 0 amide bonds. The van der Waals surface area contributed by atoms with Gasteiger partial charge in [-0.3, -0.25) is 0 Å². The van der Waals surface area contributed by atoms with E-state index in [0.29, 0.717) is 4.99 Å². The molecule has 0 aromatic heterocycles. The van der Waals surface area contributed by atoms with Gasteiger partial charge in [0.2, 0.25) is 0 Å². The fourth-order valence-electron chi connectivity index (χ4n) is 2.42. The molecule has 0 saturated carbocycles. The summed E-state index contributed by atoms with van der Waals surface area (Å²) >= 11 is 4.89. The lowest BCUT2D eigenvalue weighted by Gasteiger charge is -2.16. The first-order valence-corrected chi connectivity index (χ1v) is 6.63. The van der Waals surface area contributed by atoms with E-state index in [0.717, 1.165) is 19.5 Å². The monoisotopic (exact) mass is 248 g/mol. The molecule has 0 bridgehead atoms. The molecule has 2 N–H and O–H groups in total. The maximum absolute atomic E-state index is 5.51. The normalized spacial score (nSPS) is 14.0. The van der Waals surface area contributed by atoms with Gasteiger partial charge >= 0.3 is 0 Å². The molecule has 0 unspecified atom stereocenters. The molecule has 92 valence electrons. The number of nitrogens with zero attached hydrogens (tertiary/aromatic N) is 1. The Morgan fingerprint density at radius 1 is 1.35 bits per heavy atom. The number of thiocarbonyl (C=S) groups is 1. The molecule has 2 nitrogen and oxygen atoms in total. The minimum absolute atomic E-state index is 0.603. The minimum atomic E-state index is 0.603. The third-order valence-corrected chi connectivity index (χ3v) is 3.56. The lowest BCUT2D eigenvalue weighted by Crippen LogP contribution is -2.23. The summed E-state index contributed by atoms with van der Waals surface area (Å²) in [4.78, 5) is 2.88. The fraction of sp³-hybridized carbons (Fsp3) is 0.500. The average Bonchev–Trinajstić information content (AvgIpc) is 2.73. The summed E-state index contributed by atoms with van der Waals surface area (Å²) in [5.41, 5.74) is 10.00. The van der Waals surface area contributed by atoms with Crippen molar-refractivity contribution in [3.05, 3.63) is 34.9 Å². The van der Waals surface area contributed by atoms with Crippen LogP contribution in [0.4, 0.5) is 0 Å². The third kappa shape index (κ3) is 3.51. The highest BCUT2D eigenvalue weighted by Gasteiger charge is 2.11. The number of hydrogen-bond donors (Lipinski definition) is 1. The van der Waals surface area contributed by atoms with E-state index in [-0.39, 0.29) is 0 Å². The first-order chi connectivity index (χ1) is 8.15. The van der Waals surface area contributed by atoms with E-state index < -0.39 is 0 Å². The molecule has 0 spiro atoms. The predicted molar refractivity (Wildman–Crippen MR) is 76.2 cm³/mol. The Morgan fingerprint density at radius 3 is 2.88 bits per heavy atom. The maximum atomic E-state index is 5.51. The van der Waals surface area contributed by atoms with Gasteiger partial charge in [0.05, 0.1) is 4.99 Å². The molecule has 1 aliphatic rings. The topological polar surface area (TPSA) is 29.3 Å². The maximum Gasteiger partial charge on any atom is 0.0740 e. The summed E-state index contributed by atoms with van der Waals surface area (Å²) < 4.78 is 0. The van der Waals surface area contributed by atoms with Gasteiger partial charge in [0.15, 0.2) is 0 Å². The lowest BCUT2D eigenvalue weighted by molar-refractivity contribution is 0.337. The van der Waals surface area contributed by atoms with Crippen molar-refractivity contribution >= 4 is 17.2 Å². The largest absolute Gasteiger partial charge is 0.393 e. The molecule has 3 heteroatoms. The Labute approximate surface area is 109 Å². The summed E-state index contributed by atoms with van der Waals surface area (Å²) in [5.74, 6) is 0. The zero-order chi connectivity index (χ0) is 12.3. The third-order valence-electron chi connectivity index (χ3n) is 3.36. The highest BCUT2D eigenvalue weighted by molar-refractivity contribution is 7.80. The molecule has 1 aliphatic carbocycles. The number of fused-ring (bicyclic) bond motifs is 1. The average molecular weight is 248 g/mol. The van der Waals surface area contributed by atoms with Gasteiger partial charge in [-0.1, -0.05) is 30.4 Å². The van der Waals surface area contributed by atoms with Gasteiger partial charge in [-0.2, -0.15) is 0 Å². The fourth-order valence-corrected chi connectivity index (χ4v) is 2.51. The second kappa shape index (κ2) is 5.61. The molecular formula is C14H20N2S. The van der Waals surface area contributed by atoms with E-state index in [1.807, 2.05) is 0 Å². The molecule has 0 saturated heterocycles. The zero-order valence-electron chi connectivity index (χ0n) is 10.4. The van der Waals surface area contributed by atoms with Crippen molar-refractivity contribution in [3.8, 4) is 0 Å². The van der Waals surface area contributed by atoms with Crippen LogP contribution >= 0.6 is 12.2 Å². The van der Waals surface area contributed by atoms with Crippen LogP contribution in [0.5, 0.6) is 0 Å². The van der Waals surface area contributed by atoms with Gasteiger partial charge in [0.25, 0.3) is 0 Å². The van der Waals surface area contributed by atoms with Gasteiger partial charge < -0.3 is 10.6 Å². The van der Waals surface area contributed by atoms with Crippen LogP contribution in [-0.4, -0.2) is 23.5 Å². The van der Waals surface area contributed by atoms with Crippen LogP contribution in [-0.2, 0) is 19.4 Å². The lowest BCUT2D eigenvalue weighted by atomic mass is 10.1. The number of nitrogens with two attached hydrogens (primary N) is 1. The van der Waals surface area contributed by atoms with Gasteiger partial charge in [-0.05, 0) is 43.0 Å². The van der Waals surface area contributed by atoms with Crippen LogP contribution in [0.3, 0.4) is 0 Å². The highest BCUT2D eigenvalue weighted by atomic mass is 32.1. The zero-order valence-corrected chi connectivity index (χ0v) is 11.2. The first-order valence-electron chi connectivity index (χ1n) is 6.22. The Hall–Kier alpha value is -0.930. The van der Waals surface area contributed by atoms with Crippen molar-refractivity contribution in [1.29, 1.82) is 0 Å². The smallest absolute Gasteiger partial charge is 0.0740 e. The number of rotatable bonds is 5. The Kier molecular flexibility index (Phi) is 4.13. The van der Waals surface area contributed by atoms with Crippen LogP contribution in [0.25, 0.3) is 0 Å². The minimum Gasteiger partial charge on any atom is -0.393 e. The number of benzene rings is 1. The van der Waals surface area contributed by atoms with Crippen molar-refractivity contribution in [2.24, 2.45) is 5.73 Å². The van der Waals surface area contributed by atoms with Crippen LogP contribution < -0.4 is 5.73 Å². The van der Waals surface area contributed by atoms with Crippen molar-refractivity contribution in [1.82, 2.24) is 4.90 Å². The molecule has 0 aliphatic heterocycles. The molecule has 0 heterocycles. The summed E-state index contributed by atoms with van der Waals surface area (Å²) in [6, 6.07) is 6.90. The van der Waals surface area contributed by atoms with Crippen molar-refractivity contribution in [3.63, 3.8) is 0 Å². The van der Waals surface area contributed by atoms with E-state index in [1.54, 1.807) is 11.1 Å². The summed E-state index contributed by atoms with van der Waals surface area (Å²) in [5, 5.41) is 0. The molecule has 0 atom stereocenters. The molecule has 17 heavy (non-hydrogen) atoms. The van der Waals surface area contributed by atoms with Crippen LogP contribution in [0.2, 0.25) is 0 Å². The van der Waals surface area contributed by atoms with E-state index >= 15 is 0 Å². The Balaban J connectivity index is 1.92. The SMILES string of the molecule is CN(CCC(N)=S)Cc1ccc2c(c1)CCC2.